The molecule has 0 radical (unpaired) electrons. The molecule has 134 valence electrons. The van der Waals surface area contributed by atoms with E-state index in [9.17, 15) is 18.8 Å². The molecule has 2 aliphatic rings. The van der Waals surface area contributed by atoms with Crippen molar-refractivity contribution in [2.45, 2.75) is 39.0 Å². The van der Waals surface area contributed by atoms with Crippen LogP contribution >= 0.6 is 0 Å². The van der Waals surface area contributed by atoms with Gasteiger partial charge < -0.3 is 4.90 Å². The molecule has 6 heteroatoms. The van der Waals surface area contributed by atoms with E-state index in [1.807, 2.05) is 6.92 Å². The van der Waals surface area contributed by atoms with Crippen LogP contribution in [0.3, 0.4) is 0 Å². The molecule has 0 spiro atoms. The SMILES string of the molecule is CCN(C(=O)CCN1C(=O)C2CCCCC2C1=O)c1ccc(F)cc1. The van der Waals surface area contributed by atoms with Gasteiger partial charge in [0, 0.05) is 25.2 Å². The maximum atomic E-state index is 13.1. The van der Waals surface area contributed by atoms with E-state index in [1.54, 1.807) is 12.1 Å². The third-order valence-corrected chi connectivity index (χ3v) is 5.24. The van der Waals surface area contributed by atoms with Crippen molar-refractivity contribution >= 4 is 23.4 Å². The van der Waals surface area contributed by atoms with Gasteiger partial charge in [0.05, 0.1) is 11.8 Å². The quantitative estimate of drug-likeness (QED) is 0.770. The summed E-state index contributed by atoms with van der Waals surface area (Å²) in [6.45, 7) is 2.40. The Hall–Kier alpha value is -2.24. The Morgan fingerprint density at radius 2 is 1.68 bits per heavy atom. The van der Waals surface area contributed by atoms with Gasteiger partial charge in [0.2, 0.25) is 17.7 Å². The molecule has 3 rings (SSSR count). The molecule has 1 aliphatic carbocycles. The largest absolute Gasteiger partial charge is 0.313 e. The van der Waals surface area contributed by atoms with Crippen LogP contribution in [0.5, 0.6) is 0 Å². The minimum atomic E-state index is -0.358. The zero-order chi connectivity index (χ0) is 18.0. The van der Waals surface area contributed by atoms with Crippen LogP contribution in [0.4, 0.5) is 10.1 Å². The second kappa shape index (κ2) is 7.33. The lowest BCUT2D eigenvalue weighted by molar-refractivity contribution is -0.140. The first-order chi connectivity index (χ1) is 12.0. The van der Waals surface area contributed by atoms with Crippen molar-refractivity contribution in [2.75, 3.05) is 18.0 Å². The van der Waals surface area contributed by atoms with Crippen LogP contribution in [-0.4, -0.2) is 35.7 Å². The molecule has 2 fully saturated rings. The molecule has 3 amide bonds. The number of benzene rings is 1. The van der Waals surface area contributed by atoms with Crippen molar-refractivity contribution in [2.24, 2.45) is 11.8 Å². The van der Waals surface area contributed by atoms with E-state index in [0.29, 0.717) is 12.2 Å². The van der Waals surface area contributed by atoms with Gasteiger partial charge in [-0.25, -0.2) is 4.39 Å². The highest BCUT2D eigenvalue weighted by Crippen LogP contribution is 2.38. The summed E-state index contributed by atoms with van der Waals surface area (Å²) in [5.74, 6) is -1.14. The van der Waals surface area contributed by atoms with Gasteiger partial charge in [0.25, 0.3) is 0 Å². The van der Waals surface area contributed by atoms with Crippen LogP contribution in [0.25, 0.3) is 0 Å². The standard InChI is InChI=1S/C19H23FN2O3/c1-2-21(14-9-7-13(20)8-10-14)17(23)11-12-22-18(24)15-5-3-4-6-16(15)19(22)25/h7-10,15-16H,2-6,11-12H2,1H3. The predicted molar refractivity (Wildman–Crippen MR) is 91.2 cm³/mol. The number of rotatable bonds is 5. The molecule has 2 unspecified atom stereocenters. The van der Waals surface area contributed by atoms with Gasteiger partial charge in [0.1, 0.15) is 5.82 Å². The molecule has 0 N–H and O–H groups in total. The lowest BCUT2D eigenvalue weighted by atomic mass is 9.81. The fourth-order valence-electron chi connectivity index (χ4n) is 3.92. The number of hydrogen-bond donors (Lipinski definition) is 0. The summed E-state index contributed by atoms with van der Waals surface area (Å²) in [7, 11) is 0. The summed E-state index contributed by atoms with van der Waals surface area (Å²) in [6, 6.07) is 5.72. The number of imide groups is 1. The van der Waals surface area contributed by atoms with E-state index < -0.39 is 0 Å². The monoisotopic (exact) mass is 346 g/mol. The zero-order valence-electron chi connectivity index (χ0n) is 14.4. The Morgan fingerprint density at radius 1 is 1.12 bits per heavy atom. The molecule has 25 heavy (non-hydrogen) atoms. The second-order valence-corrected chi connectivity index (χ2v) is 6.69. The normalized spacial score (nSPS) is 22.9. The molecule has 1 aromatic carbocycles. The molecule has 1 saturated heterocycles. The number of fused-ring (bicyclic) bond motifs is 1. The minimum absolute atomic E-state index is 0.0855. The Labute approximate surface area is 146 Å². The van der Waals surface area contributed by atoms with Crippen molar-refractivity contribution in [3.63, 3.8) is 0 Å². The van der Waals surface area contributed by atoms with Crippen molar-refractivity contribution in [3.05, 3.63) is 30.1 Å². The summed E-state index contributed by atoms with van der Waals surface area (Å²) in [6.07, 6.45) is 3.61. The van der Waals surface area contributed by atoms with Crippen LogP contribution in [-0.2, 0) is 14.4 Å². The van der Waals surface area contributed by atoms with Gasteiger partial charge in [-0.2, -0.15) is 0 Å². The van der Waals surface area contributed by atoms with E-state index in [-0.39, 0.29) is 48.3 Å². The highest BCUT2D eigenvalue weighted by molar-refractivity contribution is 6.05. The molecule has 1 aliphatic heterocycles. The summed E-state index contributed by atoms with van der Waals surface area (Å²) < 4.78 is 13.1. The maximum Gasteiger partial charge on any atom is 0.233 e. The van der Waals surface area contributed by atoms with E-state index in [1.165, 1.54) is 21.9 Å². The minimum Gasteiger partial charge on any atom is -0.313 e. The molecular formula is C19H23FN2O3. The number of carbonyl (C=O) groups is 3. The summed E-state index contributed by atoms with van der Waals surface area (Å²) >= 11 is 0. The molecule has 1 saturated carbocycles. The molecule has 0 bridgehead atoms. The van der Waals surface area contributed by atoms with Crippen molar-refractivity contribution < 1.29 is 18.8 Å². The van der Waals surface area contributed by atoms with Gasteiger partial charge in [-0.1, -0.05) is 12.8 Å². The third kappa shape index (κ3) is 3.43. The highest BCUT2D eigenvalue weighted by atomic mass is 19.1. The lowest BCUT2D eigenvalue weighted by Gasteiger charge is -2.22. The van der Waals surface area contributed by atoms with Gasteiger partial charge in [-0.05, 0) is 44.0 Å². The van der Waals surface area contributed by atoms with Crippen LogP contribution in [0.1, 0.15) is 39.0 Å². The van der Waals surface area contributed by atoms with Crippen LogP contribution < -0.4 is 4.90 Å². The first-order valence-electron chi connectivity index (χ1n) is 8.94. The van der Waals surface area contributed by atoms with E-state index in [4.69, 9.17) is 0 Å². The molecule has 2 atom stereocenters. The number of likely N-dealkylation sites (tertiary alicyclic amines) is 1. The molecule has 1 aromatic rings. The zero-order valence-corrected chi connectivity index (χ0v) is 14.4. The molecule has 1 heterocycles. The summed E-state index contributed by atoms with van der Waals surface area (Å²) in [5.41, 5.74) is 0.613. The Kier molecular flexibility index (Phi) is 5.16. The first kappa shape index (κ1) is 17.6. The van der Waals surface area contributed by atoms with E-state index >= 15 is 0 Å². The predicted octanol–water partition coefficient (Wildman–Crippen LogP) is 2.74. The smallest absolute Gasteiger partial charge is 0.233 e. The number of nitrogens with zero attached hydrogens (tertiary/aromatic N) is 2. The topological polar surface area (TPSA) is 57.7 Å². The van der Waals surface area contributed by atoms with Gasteiger partial charge in [-0.3, -0.25) is 19.3 Å². The van der Waals surface area contributed by atoms with Crippen molar-refractivity contribution in [1.29, 1.82) is 0 Å². The van der Waals surface area contributed by atoms with Crippen LogP contribution in [0.2, 0.25) is 0 Å². The second-order valence-electron chi connectivity index (χ2n) is 6.69. The Morgan fingerprint density at radius 3 is 2.20 bits per heavy atom. The fraction of sp³-hybridized carbons (Fsp3) is 0.526. The number of amides is 3. The van der Waals surface area contributed by atoms with Gasteiger partial charge in [0.15, 0.2) is 0 Å². The Bertz CT molecular complexity index is 650. The number of halogens is 1. The van der Waals surface area contributed by atoms with Gasteiger partial charge >= 0.3 is 0 Å². The molecular weight excluding hydrogens is 323 g/mol. The van der Waals surface area contributed by atoms with Crippen LogP contribution in [0.15, 0.2) is 24.3 Å². The lowest BCUT2D eigenvalue weighted by Crippen LogP contribution is -2.37. The molecule has 0 aromatic heterocycles. The van der Waals surface area contributed by atoms with E-state index in [2.05, 4.69) is 0 Å². The first-order valence-corrected chi connectivity index (χ1v) is 8.94. The number of hydrogen-bond acceptors (Lipinski definition) is 3. The third-order valence-electron chi connectivity index (χ3n) is 5.24. The van der Waals surface area contributed by atoms with Crippen molar-refractivity contribution in [3.8, 4) is 0 Å². The van der Waals surface area contributed by atoms with Crippen LogP contribution in [0, 0.1) is 17.7 Å². The van der Waals surface area contributed by atoms with E-state index in [0.717, 1.165) is 25.7 Å². The number of anilines is 1. The maximum absolute atomic E-state index is 13.1. The van der Waals surface area contributed by atoms with Gasteiger partial charge in [-0.15, -0.1) is 0 Å². The fourth-order valence-corrected chi connectivity index (χ4v) is 3.92. The highest BCUT2D eigenvalue weighted by Gasteiger charge is 2.47. The van der Waals surface area contributed by atoms with Crippen molar-refractivity contribution in [1.82, 2.24) is 4.90 Å². The summed E-state index contributed by atoms with van der Waals surface area (Å²) in [5, 5.41) is 0. The summed E-state index contributed by atoms with van der Waals surface area (Å²) in [4.78, 5) is 40.2. The average molecular weight is 346 g/mol. The Balaban J connectivity index is 1.64. The average Bonchev–Trinajstić information content (AvgIpc) is 2.87. The number of carbonyl (C=O) groups excluding carboxylic acids is 3. The molecule has 5 nitrogen and oxygen atoms in total.